The van der Waals surface area contributed by atoms with Gasteiger partial charge in [-0.05, 0) is 65.6 Å². The topological polar surface area (TPSA) is 45.7 Å². The summed E-state index contributed by atoms with van der Waals surface area (Å²) in [6.07, 6.45) is 3.84. The number of carbonyl (C=O) groups is 1. The third-order valence-electron chi connectivity index (χ3n) is 4.49. The molecule has 0 spiro atoms. The third kappa shape index (κ3) is 5.48. The quantitative estimate of drug-likeness (QED) is 0.842. The largest absolute Gasteiger partial charge is 0.444 e. The summed E-state index contributed by atoms with van der Waals surface area (Å²) in [5, 5.41) is 0. The minimum atomic E-state index is -0.436. The van der Waals surface area contributed by atoms with Crippen LogP contribution in [0.5, 0.6) is 0 Å². The summed E-state index contributed by atoms with van der Waals surface area (Å²) in [6.45, 7) is 10.4. The van der Waals surface area contributed by atoms with Crippen LogP contribution in [-0.4, -0.2) is 53.2 Å². The summed E-state index contributed by atoms with van der Waals surface area (Å²) >= 11 is 0. The Hall–Kier alpha value is -1.62. The zero-order chi connectivity index (χ0) is 17.7. The first kappa shape index (κ1) is 18.7. The number of ether oxygens (including phenoxy) is 1. The van der Waals surface area contributed by atoms with Gasteiger partial charge in [-0.2, -0.15) is 0 Å². The standard InChI is InChI=1S/C19H31N3O2/c1-15(17-10-6-7-11-20-17)21(5)13-16-9-8-12-22(14-16)18(23)24-19(2,3)4/h6-7,10-11,15-16H,8-9,12-14H2,1-5H3/t15-,16-/m0/s1. The molecule has 5 heteroatoms. The van der Waals surface area contributed by atoms with Crippen LogP contribution in [0, 0.1) is 5.92 Å². The normalized spacial score (nSPS) is 20.1. The van der Waals surface area contributed by atoms with Gasteiger partial charge in [0.1, 0.15) is 5.60 Å². The maximum Gasteiger partial charge on any atom is 0.410 e. The molecule has 2 atom stereocenters. The molecule has 5 nitrogen and oxygen atoms in total. The van der Waals surface area contributed by atoms with E-state index in [-0.39, 0.29) is 12.1 Å². The Labute approximate surface area is 146 Å². The van der Waals surface area contributed by atoms with Gasteiger partial charge in [0.05, 0.1) is 5.69 Å². The maximum atomic E-state index is 12.3. The van der Waals surface area contributed by atoms with E-state index in [0.29, 0.717) is 5.92 Å². The van der Waals surface area contributed by atoms with Crippen molar-refractivity contribution in [2.45, 2.75) is 52.2 Å². The van der Waals surface area contributed by atoms with Gasteiger partial charge >= 0.3 is 6.09 Å². The van der Waals surface area contributed by atoms with Crippen LogP contribution >= 0.6 is 0 Å². The van der Waals surface area contributed by atoms with E-state index < -0.39 is 5.60 Å². The van der Waals surface area contributed by atoms with E-state index >= 15 is 0 Å². The van der Waals surface area contributed by atoms with Gasteiger partial charge in [0.25, 0.3) is 0 Å². The molecule has 0 aliphatic carbocycles. The second kappa shape index (κ2) is 7.97. The van der Waals surface area contributed by atoms with Crippen molar-refractivity contribution in [2.75, 3.05) is 26.7 Å². The molecule has 1 aromatic rings. The zero-order valence-corrected chi connectivity index (χ0v) is 15.7. The minimum absolute atomic E-state index is 0.187. The van der Waals surface area contributed by atoms with Crippen LogP contribution < -0.4 is 0 Å². The Bertz CT molecular complexity index is 527. The number of rotatable bonds is 4. The lowest BCUT2D eigenvalue weighted by atomic mass is 9.97. The van der Waals surface area contributed by atoms with Gasteiger partial charge in [-0.3, -0.25) is 9.88 Å². The highest BCUT2D eigenvalue weighted by molar-refractivity contribution is 5.68. The second-order valence-electron chi connectivity index (χ2n) is 7.80. The predicted octanol–water partition coefficient (Wildman–Crippen LogP) is 3.72. The monoisotopic (exact) mass is 333 g/mol. The molecule has 2 rings (SSSR count). The molecule has 1 fully saturated rings. The number of hydrogen-bond donors (Lipinski definition) is 0. The Morgan fingerprint density at radius 1 is 1.46 bits per heavy atom. The molecular weight excluding hydrogens is 302 g/mol. The van der Waals surface area contributed by atoms with E-state index in [9.17, 15) is 4.79 Å². The fraction of sp³-hybridized carbons (Fsp3) is 0.684. The van der Waals surface area contributed by atoms with Crippen molar-refractivity contribution in [3.63, 3.8) is 0 Å². The van der Waals surface area contributed by atoms with Crippen molar-refractivity contribution in [1.29, 1.82) is 0 Å². The van der Waals surface area contributed by atoms with Crippen molar-refractivity contribution in [3.05, 3.63) is 30.1 Å². The summed E-state index contributed by atoms with van der Waals surface area (Å²) < 4.78 is 5.51. The molecule has 24 heavy (non-hydrogen) atoms. The summed E-state index contributed by atoms with van der Waals surface area (Å²) in [5.74, 6) is 0.474. The Morgan fingerprint density at radius 2 is 2.21 bits per heavy atom. The number of amides is 1. The summed E-state index contributed by atoms with van der Waals surface area (Å²) in [6, 6.07) is 6.30. The predicted molar refractivity (Wildman–Crippen MR) is 95.8 cm³/mol. The number of piperidine rings is 1. The van der Waals surface area contributed by atoms with E-state index in [1.54, 1.807) is 0 Å². The van der Waals surface area contributed by atoms with Gasteiger partial charge in [-0.25, -0.2) is 4.79 Å². The number of carbonyl (C=O) groups excluding carboxylic acids is 1. The zero-order valence-electron chi connectivity index (χ0n) is 15.7. The highest BCUT2D eigenvalue weighted by Crippen LogP contribution is 2.23. The number of aromatic nitrogens is 1. The van der Waals surface area contributed by atoms with Crippen LogP contribution in [0.4, 0.5) is 4.79 Å². The molecular formula is C19H31N3O2. The lowest BCUT2D eigenvalue weighted by molar-refractivity contribution is 0.0142. The van der Waals surface area contributed by atoms with Crippen LogP contribution in [-0.2, 0) is 4.74 Å². The molecule has 0 bridgehead atoms. The smallest absolute Gasteiger partial charge is 0.410 e. The summed E-state index contributed by atoms with van der Waals surface area (Å²) in [7, 11) is 2.13. The first-order valence-electron chi connectivity index (χ1n) is 8.85. The van der Waals surface area contributed by atoms with Crippen LogP contribution in [0.2, 0.25) is 0 Å². The van der Waals surface area contributed by atoms with Crippen LogP contribution in [0.25, 0.3) is 0 Å². The molecule has 0 saturated carbocycles. The molecule has 1 aromatic heterocycles. The van der Waals surface area contributed by atoms with E-state index in [1.165, 1.54) is 0 Å². The van der Waals surface area contributed by atoms with E-state index in [2.05, 4.69) is 29.9 Å². The summed E-state index contributed by atoms with van der Waals surface area (Å²) in [4.78, 5) is 20.9. The number of hydrogen-bond acceptors (Lipinski definition) is 4. The van der Waals surface area contributed by atoms with E-state index in [0.717, 1.165) is 38.2 Å². The van der Waals surface area contributed by atoms with Gasteiger partial charge in [0.2, 0.25) is 0 Å². The fourth-order valence-corrected chi connectivity index (χ4v) is 3.12. The first-order valence-corrected chi connectivity index (χ1v) is 8.85. The van der Waals surface area contributed by atoms with Crippen LogP contribution in [0.3, 0.4) is 0 Å². The van der Waals surface area contributed by atoms with Gasteiger partial charge in [-0.15, -0.1) is 0 Å². The van der Waals surface area contributed by atoms with Gasteiger partial charge in [0, 0.05) is 31.9 Å². The second-order valence-corrected chi connectivity index (χ2v) is 7.80. The minimum Gasteiger partial charge on any atom is -0.444 e. The maximum absolute atomic E-state index is 12.3. The molecule has 1 amide bonds. The van der Waals surface area contributed by atoms with Crippen molar-refractivity contribution in [1.82, 2.24) is 14.8 Å². The van der Waals surface area contributed by atoms with Gasteiger partial charge in [0.15, 0.2) is 0 Å². The average molecular weight is 333 g/mol. The molecule has 0 aromatic carbocycles. The van der Waals surface area contributed by atoms with Crippen LogP contribution in [0.15, 0.2) is 24.4 Å². The lowest BCUT2D eigenvalue weighted by Gasteiger charge is -2.36. The number of pyridine rings is 1. The molecule has 1 aliphatic rings. The molecule has 1 aliphatic heterocycles. The van der Waals surface area contributed by atoms with Crippen molar-refractivity contribution < 1.29 is 9.53 Å². The molecule has 1 saturated heterocycles. The Morgan fingerprint density at radius 3 is 2.83 bits per heavy atom. The highest BCUT2D eigenvalue weighted by Gasteiger charge is 2.28. The lowest BCUT2D eigenvalue weighted by Crippen LogP contribution is -2.45. The third-order valence-corrected chi connectivity index (χ3v) is 4.49. The van der Waals surface area contributed by atoms with Gasteiger partial charge in [-0.1, -0.05) is 6.07 Å². The molecule has 2 heterocycles. The molecule has 0 N–H and O–H groups in total. The SMILES string of the molecule is C[C@@H](c1ccccn1)N(C)C[C@@H]1CCCN(C(=O)OC(C)(C)C)C1. The van der Waals surface area contributed by atoms with Crippen molar-refractivity contribution in [3.8, 4) is 0 Å². The number of nitrogens with zero attached hydrogens (tertiary/aromatic N) is 3. The Balaban J connectivity index is 1.89. The number of likely N-dealkylation sites (tertiary alicyclic amines) is 1. The van der Waals surface area contributed by atoms with Gasteiger partial charge < -0.3 is 9.64 Å². The highest BCUT2D eigenvalue weighted by atomic mass is 16.6. The Kier molecular flexibility index (Phi) is 6.21. The fourth-order valence-electron chi connectivity index (χ4n) is 3.12. The molecule has 0 radical (unpaired) electrons. The molecule has 134 valence electrons. The first-order chi connectivity index (χ1) is 11.3. The van der Waals surface area contributed by atoms with Crippen molar-refractivity contribution >= 4 is 6.09 Å². The average Bonchev–Trinajstić information content (AvgIpc) is 2.53. The molecule has 0 unspecified atom stereocenters. The summed E-state index contributed by atoms with van der Waals surface area (Å²) in [5.41, 5.74) is 0.647. The van der Waals surface area contributed by atoms with E-state index in [1.807, 2.05) is 44.0 Å². The van der Waals surface area contributed by atoms with E-state index in [4.69, 9.17) is 4.74 Å². The van der Waals surface area contributed by atoms with Crippen LogP contribution in [0.1, 0.15) is 52.3 Å². The van der Waals surface area contributed by atoms with Crippen molar-refractivity contribution in [2.24, 2.45) is 5.92 Å².